The Kier molecular flexibility index (Phi) is 5.32. The lowest BCUT2D eigenvalue weighted by Crippen LogP contribution is -2.20. The Labute approximate surface area is 69.6 Å². The highest BCUT2D eigenvalue weighted by atomic mass is 32.2. The molecule has 0 fully saturated rings. The zero-order valence-electron chi connectivity index (χ0n) is 7.12. The lowest BCUT2D eigenvalue weighted by molar-refractivity contribution is -0.120. The number of hydrogen-bond donors (Lipinski definition) is 0. The maximum atomic E-state index is 11.1. The molecule has 4 heteroatoms. The van der Waals surface area contributed by atoms with Gasteiger partial charge in [0.15, 0.2) is 5.78 Å². The molecular weight excluding hydrogens is 164 g/mol. The van der Waals surface area contributed by atoms with Crippen molar-refractivity contribution in [2.45, 2.75) is 19.1 Å². The van der Waals surface area contributed by atoms with E-state index in [-0.39, 0.29) is 23.4 Å². The van der Waals surface area contributed by atoms with Crippen LogP contribution in [0.25, 0.3) is 0 Å². The third-order valence-corrected chi connectivity index (χ3v) is 2.79. The maximum Gasteiger partial charge on any atom is 0.170 e. The van der Waals surface area contributed by atoms with Crippen molar-refractivity contribution in [2.75, 3.05) is 19.5 Å². The second-order valence-corrected chi connectivity index (χ2v) is 4.54. The summed E-state index contributed by atoms with van der Waals surface area (Å²) in [5.74, 6) is 0.0189. The van der Waals surface area contributed by atoms with E-state index in [1.54, 1.807) is 0 Å². The highest BCUT2D eigenvalue weighted by molar-refractivity contribution is 7.86. The number of carbonyl (C=O) groups excluding carboxylic acids is 1. The van der Waals surface area contributed by atoms with E-state index in [4.69, 9.17) is 0 Å². The van der Waals surface area contributed by atoms with Crippen molar-refractivity contribution in [3.8, 4) is 0 Å². The molecule has 3 nitrogen and oxygen atoms in total. The molecule has 0 aliphatic heterocycles. The average Bonchev–Trinajstić information content (AvgIpc) is 1.87. The Bertz CT molecular complexity index is 154. The summed E-state index contributed by atoms with van der Waals surface area (Å²) in [4.78, 5) is 10.8. The summed E-state index contributed by atoms with van der Waals surface area (Å²) in [6, 6.07) is 0. The van der Waals surface area contributed by atoms with Crippen molar-refractivity contribution in [3.63, 3.8) is 0 Å². The number of carbonyl (C=O) groups is 1. The Morgan fingerprint density at radius 3 is 2.45 bits per heavy atom. The fraction of sp³-hybridized carbons (Fsp3) is 0.857. The second kappa shape index (κ2) is 5.43. The minimum absolute atomic E-state index is 0.0517. The first-order chi connectivity index (χ1) is 5.07. The standard InChI is InChI=1S/C7H14O3S/c1-6(2)11(9)5-7(8)4-10-3/h6H,4-5H2,1-3H3. The molecule has 0 heterocycles. The molecule has 0 radical (unpaired) electrons. The third kappa shape index (κ3) is 5.09. The Balaban J connectivity index is 3.67. The first-order valence-corrected chi connectivity index (χ1v) is 4.84. The summed E-state index contributed by atoms with van der Waals surface area (Å²) in [5, 5.41) is 0.0517. The molecule has 0 aromatic heterocycles. The largest absolute Gasteiger partial charge is 0.377 e. The van der Waals surface area contributed by atoms with Crippen LogP contribution in [0, 0.1) is 0 Å². The fourth-order valence-electron chi connectivity index (χ4n) is 0.528. The number of Topliss-reactive ketones (excluding diaryl/α,β-unsaturated/α-hetero) is 1. The summed E-state index contributed by atoms with van der Waals surface area (Å²) in [6.45, 7) is 3.73. The van der Waals surface area contributed by atoms with E-state index in [0.717, 1.165) is 0 Å². The van der Waals surface area contributed by atoms with Gasteiger partial charge in [-0.05, 0) is 0 Å². The molecule has 0 rings (SSSR count). The molecule has 1 atom stereocenters. The van der Waals surface area contributed by atoms with E-state index in [9.17, 15) is 9.00 Å². The lowest BCUT2D eigenvalue weighted by Gasteiger charge is -2.03. The van der Waals surface area contributed by atoms with Crippen LogP contribution in [0.5, 0.6) is 0 Å². The van der Waals surface area contributed by atoms with Crippen LogP contribution in [0.3, 0.4) is 0 Å². The summed E-state index contributed by atoms with van der Waals surface area (Å²) in [7, 11) is 0.422. The van der Waals surface area contributed by atoms with Crippen molar-refractivity contribution in [1.29, 1.82) is 0 Å². The van der Waals surface area contributed by atoms with Gasteiger partial charge in [0.05, 0.1) is 5.75 Å². The van der Waals surface area contributed by atoms with E-state index >= 15 is 0 Å². The summed E-state index contributed by atoms with van der Waals surface area (Å²) >= 11 is 0. The SMILES string of the molecule is COCC(=O)CS(=O)C(C)C. The Morgan fingerprint density at radius 2 is 2.09 bits per heavy atom. The van der Waals surface area contributed by atoms with Crippen LogP contribution in [-0.2, 0) is 20.3 Å². The first kappa shape index (κ1) is 10.8. The molecule has 0 amide bonds. The van der Waals surface area contributed by atoms with Gasteiger partial charge in [0.1, 0.15) is 6.61 Å². The monoisotopic (exact) mass is 178 g/mol. The van der Waals surface area contributed by atoms with Gasteiger partial charge in [0.2, 0.25) is 0 Å². The highest BCUT2D eigenvalue weighted by Gasteiger charge is 2.10. The van der Waals surface area contributed by atoms with Crippen molar-refractivity contribution in [3.05, 3.63) is 0 Å². The van der Waals surface area contributed by atoms with Gasteiger partial charge in [0.25, 0.3) is 0 Å². The lowest BCUT2D eigenvalue weighted by atomic mass is 10.5. The van der Waals surface area contributed by atoms with E-state index in [0.29, 0.717) is 0 Å². The number of hydrogen-bond acceptors (Lipinski definition) is 3. The van der Waals surface area contributed by atoms with Gasteiger partial charge in [-0.2, -0.15) is 0 Å². The molecule has 0 bridgehead atoms. The molecular formula is C7H14O3S. The van der Waals surface area contributed by atoms with Gasteiger partial charge in [-0.1, -0.05) is 13.8 Å². The Hall–Kier alpha value is -0.220. The average molecular weight is 178 g/mol. The summed E-state index contributed by atoms with van der Waals surface area (Å²) in [6.07, 6.45) is 0. The van der Waals surface area contributed by atoms with Crippen molar-refractivity contribution < 1.29 is 13.7 Å². The predicted molar refractivity (Wildman–Crippen MR) is 45.0 cm³/mol. The molecule has 0 aliphatic rings. The number of methoxy groups -OCH3 is 1. The topological polar surface area (TPSA) is 43.4 Å². The molecule has 11 heavy (non-hydrogen) atoms. The highest BCUT2D eigenvalue weighted by Crippen LogP contribution is 1.94. The zero-order valence-corrected chi connectivity index (χ0v) is 7.94. The van der Waals surface area contributed by atoms with Gasteiger partial charge in [0, 0.05) is 23.2 Å². The van der Waals surface area contributed by atoms with E-state index in [2.05, 4.69) is 4.74 Å². The summed E-state index contributed by atoms with van der Waals surface area (Å²) in [5.41, 5.74) is 0. The maximum absolute atomic E-state index is 11.1. The van der Waals surface area contributed by atoms with Crippen molar-refractivity contribution in [2.24, 2.45) is 0 Å². The van der Waals surface area contributed by atoms with E-state index in [1.165, 1.54) is 7.11 Å². The first-order valence-electron chi connectivity index (χ1n) is 3.45. The second-order valence-electron chi connectivity index (χ2n) is 2.55. The van der Waals surface area contributed by atoms with Crippen LogP contribution in [0.2, 0.25) is 0 Å². The number of rotatable bonds is 5. The molecule has 0 N–H and O–H groups in total. The number of ketones is 1. The Morgan fingerprint density at radius 1 is 1.55 bits per heavy atom. The molecule has 0 aliphatic carbocycles. The summed E-state index contributed by atoms with van der Waals surface area (Å²) < 4.78 is 15.7. The van der Waals surface area contributed by atoms with Gasteiger partial charge < -0.3 is 4.74 Å². The normalized spacial score (nSPS) is 13.5. The van der Waals surface area contributed by atoms with Gasteiger partial charge >= 0.3 is 0 Å². The van der Waals surface area contributed by atoms with Crippen LogP contribution in [0.4, 0.5) is 0 Å². The van der Waals surface area contributed by atoms with Gasteiger partial charge in [-0.3, -0.25) is 9.00 Å². The van der Waals surface area contributed by atoms with Gasteiger partial charge in [-0.15, -0.1) is 0 Å². The molecule has 0 saturated carbocycles. The molecule has 0 saturated heterocycles. The minimum atomic E-state index is -1.03. The molecule has 66 valence electrons. The minimum Gasteiger partial charge on any atom is -0.377 e. The van der Waals surface area contributed by atoms with Crippen LogP contribution >= 0.6 is 0 Å². The van der Waals surface area contributed by atoms with Crippen LogP contribution in [0.15, 0.2) is 0 Å². The fourth-order valence-corrected chi connectivity index (χ4v) is 1.26. The third-order valence-electron chi connectivity index (χ3n) is 1.13. The molecule has 1 unspecified atom stereocenters. The van der Waals surface area contributed by atoms with Crippen LogP contribution in [0.1, 0.15) is 13.8 Å². The predicted octanol–water partition coefficient (Wildman–Crippen LogP) is 0.359. The van der Waals surface area contributed by atoms with Crippen LogP contribution in [-0.4, -0.2) is 34.7 Å². The molecule has 0 aromatic carbocycles. The van der Waals surface area contributed by atoms with Crippen molar-refractivity contribution >= 4 is 16.6 Å². The smallest absolute Gasteiger partial charge is 0.170 e. The quantitative estimate of drug-likeness (QED) is 0.610. The molecule has 0 aromatic rings. The van der Waals surface area contributed by atoms with E-state index in [1.807, 2.05) is 13.8 Å². The zero-order chi connectivity index (χ0) is 8.85. The number of ether oxygens (including phenoxy) is 1. The molecule has 0 spiro atoms. The van der Waals surface area contributed by atoms with E-state index < -0.39 is 10.8 Å². The van der Waals surface area contributed by atoms with Gasteiger partial charge in [-0.25, -0.2) is 0 Å². The van der Waals surface area contributed by atoms with Crippen molar-refractivity contribution in [1.82, 2.24) is 0 Å². The van der Waals surface area contributed by atoms with Crippen LogP contribution < -0.4 is 0 Å².